The van der Waals surface area contributed by atoms with Crippen LogP contribution in [0.15, 0.2) is 18.2 Å². The van der Waals surface area contributed by atoms with E-state index in [9.17, 15) is 4.79 Å². The second-order valence-electron chi connectivity index (χ2n) is 2.94. The van der Waals surface area contributed by atoms with Crippen molar-refractivity contribution in [1.29, 1.82) is 0 Å². The minimum atomic E-state index is 0.218. The van der Waals surface area contributed by atoms with Gasteiger partial charge in [-0.3, -0.25) is 0 Å². The summed E-state index contributed by atoms with van der Waals surface area (Å²) >= 11 is 0. The number of phenols is 1. The van der Waals surface area contributed by atoms with Crippen LogP contribution in [0.5, 0.6) is 5.75 Å². The Kier molecular flexibility index (Phi) is 3.31. The fourth-order valence-corrected chi connectivity index (χ4v) is 1.18. The molecule has 3 heteroatoms. The quantitative estimate of drug-likeness (QED) is 0.318. The van der Waals surface area contributed by atoms with E-state index >= 15 is 0 Å². The third-order valence-corrected chi connectivity index (χ3v) is 1.89. The van der Waals surface area contributed by atoms with Crippen molar-refractivity contribution in [3.8, 4) is 5.75 Å². The largest absolute Gasteiger partial charge is 0.508 e. The molecule has 0 fully saturated rings. The number of carbonyl (C=O) groups is 1. The Hall–Kier alpha value is -1.51. The van der Waals surface area contributed by atoms with Gasteiger partial charge >= 0.3 is 0 Å². The van der Waals surface area contributed by atoms with Crippen molar-refractivity contribution in [2.24, 2.45) is 0 Å². The number of aromatic hydroxyl groups is 1. The van der Waals surface area contributed by atoms with Gasteiger partial charge in [-0.15, -0.1) is 0 Å². The van der Waals surface area contributed by atoms with Gasteiger partial charge in [0.25, 0.3) is 0 Å². The van der Waals surface area contributed by atoms with Crippen LogP contribution in [0.1, 0.15) is 18.4 Å². The van der Waals surface area contributed by atoms with Gasteiger partial charge < -0.3 is 15.6 Å². The average Bonchev–Trinajstić information content (AvgIpc) is 2.11. The normalized spacial score (nSPS) is 9.85. The number of anilines is 1. The Morgan fingerprint density at radius 3 is 2.92 bits per heavy atom. The number of nitrogens with two attached hydrogens (primary N) is 1. The lowest BCUT2D eigenvalue weighted by molar-refractivity contribution is -0.107. The molecule has 0 heterocycles. The second kappa shape index (κ2) is 4.50. The zero-order valence-electron chi connectivity index (χ0n) is 7.36. The van der Waals surface area contributed by atoms with Gasteiger partial charge in [0.1, 0.15) is 12.0 Å². The summed E-state index contributed by atoms with van der Waals surface area (Å²) < 4.78 is 0. The molecule has 1 aromatic rings. The summed E-state index contributed by atoms with van der Waals surface area (Å²) in [4.78, 5) is 10.1. The maximum absolute atomic E-state index is 10.1. The molecule has 0 saturated heterocycles. The van der Waals surface area contributed by atoms with Gasteiger partial charge in [-0.05, 0) is 36.6 Å². The summed E-state index contributed by atoms with van der Waals surface area (Å²) in [5.74, 6) is 0.218. The molecule has 0 atom stereocenters. The molecule has 0 bridgehead atoms. The third kappa shape index (κ3) is 2.78. The maximum atomic E-state index is 10.1. The van der Waals surface area contributed by atoms with Crippen molar-refractivity contribution in [1.82, 2.24) is 0 Å². The molecule has 3 N–H and O–H groups in total. The number of aryl methyl sites for hydroxylation is 1. The van der Waals surface area contributed by atoms with Crippen LogP contribution in [-0.4, -0.2) is 11.4 Å². The van der Waals surface area contributed by atoms with E-state index in [0.29, 0.717) is 12.1 Å². The van der Waals surface area contributed by atoms with Crippen LogP contribution in [-0.2, 0) is 11.2 Å². The van der Waals surface area contributed by atoms with E-state index in [1.165, 1.54) is 0 Å². The summed E-state index contributed by atoms with van der Waals surface area (Å²) in [5.41, 5.74) is 7.25. The number of hydrogen-bond acceptors (Lipinski definition) is 3. The second-order valence-corrected chi connectivity index (χ2v) is 2.94. The molecule has 0 aromatic heterocycles. The first-order valence-corrected chi connectivity index (χ1v) is 4.25. The smallest absolute Gasteiger partial charge is 0.120 e. The monoisotopic (exact) mass is 179 g/mol. The molecule has 70 valence electrons. The Morgan fingerprint density at radius 2 is 2.23 bits per heavy atom. The number of aldehydes is 1. The summed E-state index contributed by atoms with van der Waals surface area (Å²) in [6.07, 6.45) is 2.93. The molecule has 0 unspecified atom stereocenters. The first kappa shape index (κ1) is 9.58. The molecule has 3 nitrogen and oxygen atoms in total. The number of benzene rings is 1. The van der Waals surface area contributed by atoms with Gasteiger partial charge in [0.2, 0.25) is 0 Å². The van der Waals surface area contributed by atoms with E-state index in [2.05, 4.69) is 0 Å². The van der Waals surface area contributed by atoms with E-state index in [-0.39, 0.29) is 5.75 Å². The van der Waals surface area contributed by atoms with Crippen molar-refractivity contribution in [2.45, 2.75) is 19.3 Å². The van der Waals surface area contributed by atoms with E-state index in [1.807, 2.05) is 0 Å². The Labute approximate surface area is 77.2 Å². The van der Waals surface area contributed by atoms with Gasteiger partial charge in [0.15, 0.2) is 0 Å². The van der Waals surface area contributed by atoms with Gasteiger partial charge in [-0.1, -0.05) is 0 Å². The Bertz CT molecular complexity index is 297. The standard InChI is InChI=1S/C10H13NO2/c11-10-5-4-9(13)7-8(10)3-1-2-6-12/h4-7,13H,1-3,11H2. The average molecular weight is 179 g/mol. The SMILES string of the molecule is Nc1ccc(O)cc1CCCC=O. The zero-order valence-corrected chi connectivity index (χ0v) is 7.36. The summed E-state index contributed by atoms with van der Waals surface area (Å²) in [6.45, 7) is 0. The van der Waals surface area contributed by atoms with Crippen molar-refractivity contribution in [3.05, 3.63) is 23.8 Å². The molecule has 0 aliphatic carbocycles. The van der Waals surface area contributed by atoms with Gasteiger partial charge in [0, 0.05) is 12.1 Å². The highest BCUT2D eigenvalue weighted by molar-refractivity contribution is 5.51. The maximum Gasteiger partial charge on any atom is 0.120 e. The Morgan fingerprint density at radius 1 is 1.46 bits per heavy atom. The van der Waals surface area contributed by atoms with Gasteiger partial charge in [0.05, 0.1) is 0 Å². The highest BCUT2D eigenvalue weighted by atomic mass is 16.3. The lowest BCUT2D eigenvalue weighted by Crippen LogP contribution is -1.94. The van der Waals surface area contributed by atoms with E-state index in [4.69, 9.17) is 10.8 Å². The Balaban J connectivity index is 2.64. The summed E-state index contributed by atoms with van der Waals surface area (Å²) in [6, 6.07) is 4.87. The topological polar surface area (TPSA) is 63.3 Å². The van der Waals surface area contributed by atoms with Gasteiger partial charge in [-0.2, -0.15) is 0 Å². The summed E-state index contributed by atoms with van der Waals surface area (Å²) in [5, 5.41) is 9.17. The fourth-order valence-electron chi connectivity index (χ4n) is 1.18. The van der Waals surface area contributed by atoms with Crippen LogP contribution in [0, 0.1) is 0 Å². The first-order valence-electron chi connectivity index (χ1n) is 4.25. The van der Waals surface area contributed by atoms with Crippen LogP contribution >= 0.6 is 0 Å². The first-order chi connectivity index (χ1) is 6.24. The number of rotatable bonds is 4. The van der Waals surface area contributed by atoms with E-state index < -0.39 is 0 Å². The van der Waals surface area contributed by atoms with E-state index in [0.717, 1.165) is 24.7 Å². The van der Waals surface area contributed by atoms with Crippen LogP contribution in [0.3, 0.4) is 0 Å². The number of unbranched alkanes of at least 4 members (excludes halogenated alkanes) is 1. The molecule has 0 aliphatic heterocycles. The molecule has 13 heavy (non-hydrogen) atoms. The molecular weight excluding hydrogens is 166 g/mol. The molecule has 0 saturated carbocycles. The number of hydrogen-bond donors (Lipinski definition) is 2. The fraction of sp³-hybridized carbons (Fsp3) is 0.300. The summed E-state index contributed by atoms with van der Waals surface area (Å²) in [7, 11) is 0. The van der Waals surface area contributed by atoms with Crippen LogP contribution in [0.4, 0.5) is 5.69 Å². The van der Waals surface area contributed by atoms with Gasteiger partial charge in [-0.25, -0.2) is 0 Å². The van der Waals surface area contributed by atoms with Crippen LogP contribution < -0.4 is 5.73 Å². The van der Waals surface area contributed by atoms with E-state index in [1.54, 1.807) is 18.2 Å². The predicted molar refractivity (Wildman–Crippen MR) is 51.5 cm³/mol. The van der Waals surface area contributed by atoms with Crippen molar-refractivity contribution < 1.29 is 9.90 Å². The molecule has 1 rings (SSSR count). The van der Waals surface area contributed by atoms with Crippen LogP contribution in [0.2, 0.25) is 0 Å². The number of nitrogen functional groups attached to an aromatic ring is 1. The third-order valence-electron chi connectivity index (χ3n) is 1.89. The van der Waals surface area contributed by atoms with Crippen molar-refractivity contribution in [3.63, 3.8) is 0 Å². The lowest BCUT2D eigenvalue weighted by Gasteiger charge is -2.04. The predicted octanol–water partition coefficient (Wildman–Crippen LogP) is 1.50. The van der Waals surface area contributed by atoms with Crippen molar-refractivity contribution in [2.75, 3.05) is 5.73 Å². The molecular formula is C10H13NO2. The molecule has 0 radical (unpaired) electrons. The highest BCUT2D eigenvalue weighted by Gasteiger charge is 1.99. The lowest BCUT2D eigenvalue weighted by atomic mass is 10.1. The number of phenolic OH excluding ortho intramolecular Hbond substituents is 1. The minimum absolute atomic E-state index is 0.218. The van der Waals surface area contributed by atoms with Crippen LogP contribution in [0.25, 0.3) is 0 Å². The minimum Gasteiger partial charge on any atom is -0.508 e. The molecule has 0 amide bonds. The number of carbonyl (C=O) groups excluding carboxylic acids is 1. The molecule has 0 aliphatic rings. The molecule has 1 aromatic carbocycles. The van der Waals surface area contributed by atoms with Crippen molar-refractivity contribution >= 4 is 12.0 Å². The zero-order chi connectivity index (χ0) is 9.68. The highest BCUT2D eigenvalue weighted by Crippen LogP contribution is 2.19. The molecule has 0 spiro atoms.